The van der Waals surface area contributed by atoms with Gasteiger partial charge in [0.25, 0.3) is 0 Å². The van der Waals surface area contributed by atoms with Crippen molar-refractivity contribution in [2.45, 2.75) is 6.92 Å². The number of esters is 1. The molecule has 88 valence electrons. The van der Waals surface area contributed by atoms with Gasteiger partial charge in [-0.1, -0.05) is 0 Å². The monoisotopic (exact) mass is 237 g/mol. The molecule has 0 saturated carbocycles. The SMILES string of the molecule is CCOC(=O)c1c(F)cc2ncccc2c1F. The van der Waals surface area contributed by atoms with Crippen LogP contribution in [0.5, 0.6) is 0 Å². The summed E-state index contributed by atoms with van der Waals surface area (Å²) < 4.78 is 32.1. The van der Waals surface area contributed by atoms with Crippen LogP contribution >= 0.6 is 0 Å². The van der Waals surface area contributed by atoms with E-state index in [0.29, 0.717) is 0 Å². The molecule has 1 aromatic carbocycles. The summed E-state index contributed by atoms with van der Waals surface area (Å²) in [6.45, 7) is 1.62. The molecule has 0 N–H and O–H groups in total. The summed E-state index contributed by atoms with van der Waals surface area (Å²) in [6, 6.07) is 3.96. The van der Waals surface area contributed by atoms with Crippen LogP contribution in [0.25, 0.3) is 10.9 Å². The number of benzene rings is 1. The Morgan fingerprint density at radius 3 is 2.94 bits per heavy atom. The van der Waals surface area contributed by atoms with E-state index < -0.39 is 23.2 Å². The van der Waals surface area contributed by atoms with E-state index in [2.05, 4.69) is 9.72 Å². The highest BCUT2D eigenvalue weighted by Gasteiger charge is 2.21. The molecule has 0 bridgehead atoms. The van der Waals surface area contributed by atoms with Gasteiger partial charge in [-0.25, -0.2) is 13.6 Å². The minimum Gasteiger partial charge on any atom is -0.462 e. The first-order valence-electron chi connectivity index (χ1n) is 5.05. The van der Waals surface area contributed by atoms with Crippen LogP contribution in [0.1, 0.15) is 17.3 Å². The second-order valence-corrected chi connectivity index (χ2v) is 3.34. The molecule has 5 heteroatoms. The van der Waals surface area contributed by atoms with Crippen LogP contribution in [0.4, 0.5) is 8.78 Å². The summed E-state index contributed by atoms with van der Waals surface area (Å²) in [5.41, 5.74) is -0.511. The summed E-state index contributed by atoms with van der Waals surface area (Å²) in [7, 11) is 0. The van der Waals surface area contributed by atoms with Crippen LogP contribution in [0.15, 0.2) is 24.4 Å². The van der Waals surface area contributed by atoms with E-state index in [1.54, 1.807) is 6.92 Å². The zero-order valence-electron chi connectivity index (χ0n) is 9.04. The average molecular weight is 237 g/mol. The first kappa shape index (κ1) is 11.4. The van der Waals surface area contributed by atoms with Gasteiger partial charge in [-0.2, -0.15) is 0 Å². The molecule has 2 rings (SSSR count). The number of pyridine rings is 1. The summed E-state index contributed by atoms with van der Waals surface area (Å²) in [5.74, 6) is -2.91. The number of nitrogens with zero attached hydrogens (tertiary/aromatic N) is 1. The number of ether oxygens (including phenoxy) is 1. The van der Waals surface area contributed by atoms with Crippen molar-refractivity contribution in [2.75, 3.05) is 6.61 Å². The highest BCUT2D eigenvalue weighted by molar-refractivity contribution is 5.95. The van der Waals surface area contributed by atoms with Crippen LogP contribution in [-0.4, -0.2) is 17.6 Å². The molecule has 0 aliphatic heterocycles. The normalized spacial score (nSPS) is 10.5. The van der Waals surface area contributed by atoms with Gasteiger partial charge in [0.1, 0.15) is 17.2 Å². The molecule has 0 aliphatic carbocycles. The number of rotatable bonds is 2. The number of hydrogen-bond acceptors (Lipinski definition) is 3. The zero-order valence-corrected chi connectivity index (χ0v) is 9.04. The maximum atomic E-state index is 13.9. The topological polar surface area (TPSA) is 39.2 Å². The molecule has 0 spiro atoms. The van der Waals surface area contributed by atoms with E-state index >= 15 is 0 Å². The molecule has 0 fully saturated rings. The van der Waals surface area contributed by atoms with Crippen LogP contribution in [-0.2, 0) is 4.74 Å². The van der Waals surface area contributed by atoms with Crippen LogP contribution in [0.2, 0.25) is 0 Å². The number of carbonyl (C=O) groups is 1. The van der Waals surface area contributed by atoms with Gasteiger partial charge in [-0.05, 0) is 19.1 Å². The lowest BCUT2D eigenvalue weighted by molar-refractivity contribution is 0.0516. The van der Waals surface area contributed by atoms with Crippen LogP contribution in [0, 0.1) is 11.6 Å². The second kappa shape index (κ2) is 4.45. The van der Waals surface area contributed by atoms with E-state index in [4.69, 9.17) is 0 Å². The van der Waals surface area contributed by atoms with Crippen molar-refractivity contribution in [3.63, 3.8) is 0 Å². The molecule has 0 saturated heterocycles. The van der Waals surface area contributed by atoms with Gasteiger partial charge in [-0.15, -0.1) is 0 Å². The summed E-state index contributed by atoms with van der Waals surface area (Å²) >= 11 is 0. The Hall–Kier alpha value is -2.04. The Bertz CT molecular complexity index is 584. The largest absolute Gasteiger partial charge is 0.462 e. The van der Waals surface area contributed by atoms with Gasteiger partial charge in [0.15, 0.2) is 0 Å². The van der Waals surface area contributed by atoms with Crippen molar-refractivity contribution in [1.29, 1.82) is 0 Å². The molecule has 1 heterocycles. The number of halogens is 2. The maximum Gasteiger partial charge on any atom is 0.344 e. The third-order valence-electron chi connectivity index (χ3n) is 2.28. The zero-order chi connectivity index (χ0) is 12.4. The molecule has 0 aliphatic rings. The minimum absolute atomic E-state index is 0.0583. The molecular formula is C12H9F2NO2. The fourth-order valence-electron chi connectivity index (χ4n) is 1.54. The Morgan fingerprint density at radius 2 is 2.24 bits per heavy atom. The molecule has 1 aromatic heterocycles. The third kappa shape index (κ3) is 1.95. The van der Waals surface area contributed by atoms with E-state index in [9.17, 15) is 13.6 Å². The fraction of sp³-hybridized carbons (Fsp3) is 0.167. The van der Waals surface area contributed by atoms with Crippen molar-refractivity contribution >= 4 is 16.9 Å². The molecule has 0 radical (unpaired) electrons. The first-order chi connectivity index (χ1) is 8.15. The summed E-state index contributed by atoms with van der Waals surface area (Å²) in [6.07, 6.45) is 1.42. The Balaban J connectivity index is 2.67. The fourth-order valence-corrected chi connectivity index (χ4v) is 1.54. The molecule has 0 atom stereocenters. The van der Waals surface area contributed by atoms with Crippen molar-refractivity contribution in [3.8, 4) is 0 Å². The van der Waals surface area contributed by atoms with Crippen molar-refractivity contribution in [2.24, 2.45) is 0 Å². The predicted octanol–water partition coefficient (Wildman–Crippen LogP) is 2.69. The maximum absolute atomic E-state index is 13.9. The smallest absolute Gasteiger partial charge is 0.344 e. The lowest BCUT2D eigenvalue weighted by Crippen LogP contribution is -2.10. The third-order valence-corrected chi connectivity index (χ3v) is 2.28. The Kier molecular flexibility index (Phi) is 2.99. The minimum atomic E-state index is -1.01. The van der Waals surface area contributed by atoms with Gasteiger partial charge < -0.3 is 4.74 Å². The number of aromatic nitrogens is 1. The van der Waals surface area contributed by atoms with Crippen molar-refractivity contribution in [3.05, 3.63) is 41.6 Å². The van der Waals surface area contributed by atoms with Crippen LogP contribution < -0.4 is 0 Å². The molecule has 2 aromatic rings. The van der Waals surface area contributed by atoms with Gasteiger partial charge in [0, 0.05) is 17.6 Å². The molecule has 3 nitrogen and oxygen atoms in total. The molecule has 0 unspecified atom stereocenters. The highest BCUT2D eigenvalue weighted by atomic mass is 19.1. The van der Waals surface area contributed by atoms with Crippen molar-refractivity contribution < 1.29 is 18.3 Å². The molecular weight excluding hydrogens is 228 g/mol. The lowest BCUT2D eigenvalue weighted by Gasteiger charge is -2.06. The highest BCUT2D eigenvalue weighted by Crippen LogP contribution is 2.23. The van der Waals surface area contributed by atoms with Crippen LogP contribution in [0.3, 0.4) is 0 Å². The molecule has 0 amide bonds. The summed E-state index contributed by atoms with van der Waals surface area (Å²) in [4.78, 5) is 15.2. The number of carbonyl (C=O) groups excluding carboxylic acids is 1. The summed E-state index contributed by atoms with van der Waals surface area (Å²) in [5, 5.41) is 0.0944. The first-order valence-corrected chi connectivity index (χ1v) is 5.05. The van der Waals surface area contributed by atoms with Gasteiger partial charge in [0.05, 0.1) is 12.1 Å². The Morgan fingerprint density at radius 1 is 1.47 bits per heavy atom. The molecule has 17 heavy (non-hydrogen) atoms. The van der Waals surface area contributed by atoms with E-state index in [0.717, 1.165) is 6.07 Å². The van der Waals surface area contributed by atoms with Gasteiger partial charge in [0.2, 0.25) is 0 Å². The van der Waals surface area contributed by atoms with E-state index in [-0.39, 0.29) is 17.5 Å². The second-order valence-electron chi connectivity index (χ2n) is 3.34. The van der Waals surface area contributed by atoms with Gasteiger partial charge >= 0.3 is 5.97 Å². The van der Waals surface area contributed by atoms with E-state index in [1.807, 2.05) is 0 Å². The standard InChI is InChI=1S/C12H9F2NO2/c1-2-17-12(16)10-8(13)6-9-7(11(10)14)4-3-5-15-9/h3-6H,2H2,1H3. The number of fused-ring (bicyclic) bond motifs is 1. The average Bonchev–Trinajstić information content (AvgIpc) is 2.29. The Labute approximate surface area is 96.0 Å². The van der Waals surface area contributed by atoms with Gasteiger partial charge in [-0.3, -0.25) is 4.98 Å². The van der Waals surface area contributed by atoms with E-state index in [1.165, 1.54) is 18.3 Å². The lowest BCUT2D eigenvalue weighted by atomic mass is 10.1. The quantitative estimate of drug-likeness (QED) is 0.754. The number of hydrogen-bond donors (Lipinski definition) is 0. The van der Waals surface area contributed by atoms with Crippen molar-refractivity contribution in [1.82, 2.24) is 4.98 Å². The predicted molar refractivity (Wildman–Crippen MR) is 57.6 cm³/mol.